The molecule has 0 saturated carbocycles. The highest BCUT2D eigenvalue weighted by Gasteiger charge is 2.26. The van der Waals surface area contributed by atoms with Crippen LogP contribution >= 0.6 is 0 Å². The Bertz CT molecular complexity index is 2490. The molecule has 0 atom stereocenters. The van der Waals surface area contributed by atoms with Gasteiger partial charge in [0.25, 0.3) is 0 Å². The molecule has 0 aromatic heterocycles. The molecule has 0 aliphatic heterocycles. The van der Waals surface area contributed by atoms with Gasteiger partial charge in [0.15, 0.2) is 0 Å². The van der Waals surface area contributed by atoms with Crippen LogP contribution in [-0.4, -0.2) is 11.9 Å². The molecular formula is C39H21N3O4. The second-order valence-electron chi connectivity index (χ2n) is 10.8. The van der Waals surface area contributed by atoms with E-state index in [1.807, 2.05) is 60.7 Å². The van der Waals surface area contributed by atoms with Crippen molar-refractivity contribution in [2.45, 2.75) is 13.2 Å². The molecule has 0 heterocycles. The molecule has 0 bridgehead atoms. The maximum absolute atomic E-state index is 13.6. The SMILES string of the molecule is N#Cc1ccc2c3c(C#N)cc(C(=O)OCc4ccccc4)c4c(C#N)ccc(c5ccc(C(=O)OCc6ccccc6)c1c52)c43. The lowest BCUT2D eigenvalue weighted by Gasteiger charge is -2.19. The zero-order chi connectivity index (χ0) is 31.8. The van der Waals surface area contributed by atoms with Crippen LogP contribution in [-0.2, 0) is 22.7 Å². The fraction of sp³-hybridized carbons (Fsp3) is 0.0513. The molecular weight excluding hydrogens is 574 g/mol. The number of nitriles is 3. The molecule has 0 aliphatic rings. The average molecular weight is 596 g/mol. The number of ether oxygens (including phenoxy) is 2. The maximum atomic E-state index is 13.6. The summed E-state index contributed by atoms with van der Waals surface area (Å²) in [5.41, 5.74) is 2.69. The van der Waals surface area contributed by atoms with Crippen molar-refractivity contribution in [3.8, 4) is 18.2 Å². The molecule has 7 nitrogen and oxygen atoms in total. The smallest absolute Gasteiger partial charge is 0.339 e. The van der Waals surface area contributed by atoms with Gasteiger partial charge < -0.3 is 9.47 Å². The largest absolute Gasteiger partial charge is 0.457 e. The van der Waals surface area contributed by atoms with E-state index in [0.717, 1.165) is 11.1 Å². The number of nitrogens with zero attached hydrogens (tertiary/aromatic N) is 3. The number of hydrogen-bond donors (Lipinski definition) is 0. The number of rotatable bonds is 6. The Labute approximate surface area is 263 Å². The first kappa shape index (κ1) is 28.0. The van der Waals surface area contributed by atoms with E-state index >= 15 is 0 Å². The Morgan fingerprint density at radius 3 is 1.52 bits per heavy atom. The van der Waals surface area contributed by atoms with Gasteiger partial charge in [0.05, 0.1) is 46.0 Å². The normalized spacial score (nSPS) is 10.9. The number of hydrogen-bond acceptors (Lipinski definition) is 7. The first-order valence-electron chi connectivity index (χ1n) is 14.4. The van der Waals surface area contributed by atoms with Crippen LogP contribution < -0.4 is 0 Å². The number of carbonyl (C=O) groups excluding carboxylic acids is 2. The van der Waals surface area contributed by atoms with Crippen molar-refractivity contribution in [2.24, 2.45) is 0 Å². The zero-order valence-corrected chi connectivity index (χ0v) is 24.2. The molecule has 7 rings (SSSR count). The van der Waals surface area contributed by atoms with Gasteiger partial charge in [0.2, 0.25) is 0 Å². The highest BCUT2D eigenvalue weighted by atomic mass is 16.5. The van der Waals surface area contributed by atoms with Gasteiger partial charge in [-0.25, -0.2) is 9.59 Å². The Morgan fingerprint density at radius 1 is 0.478 bits per heavy atom. The van der Waals surface area contributed by atoms with E-state index in [0.29, 0.717) is 43.1 Å². The molecule has 46 heavy (non-hydrogen) atoms. The number of benzene rings is 7. The van der Waals surface area contributed by atoms with Crippen molar-refractivity contribution >= 4 is 55.0 Å². The molecule has 0 fully saturated rings. The molecule has 0 N–H and O–H groups in total. The van der Waals surface area contributed by atoms with Crippen molar-refractivity contribution in [1.82, 2.24) is 0 Å². The molecule has 0 unspecified atom stereocenters. The van der Waals surface area contributed by atoms with Crippen molar-refractivity contribution in [2.75, 3.05) is 0 Å². The third-order valence-corrected chi connectivity index (χ3v) is 8.23. The van der Waals surface area contributed by atoms with Gasteiger partial charge in [-0.2, -0.15) is 15.8 Å². The quantitative estimate of drug-likeness (QED) is 0.108. The topological polar surface area (TPSA) is 124 Å². The maximum Gasteiger partial charge on any atom is 0.339 e. The van der Waals surface area contributed by atoms with Crippen LogP contribution in [0.5, 0.6) is 0 Å². The molecule has 7 aromatic carbocycles. The summed E-state index contributed by atoms with van der Waals surface area (Å²) in [6, 6.07) is 36.8. The van der Waals surface area contributed by atoms with Crippen molar-refractivity contribution in [3.63, 3.8) is 0 Å². The standard InChI is InChI=1S/C39H21N3O4/c40-18-25-12-14-30-35-27(20-42)17-32(39(44)46-22-24-9-5-2-6-10-24)34-26(19-41)11-13-29(37(34)35)28-15-16-31(33(25)36(28)30)38(43)45-21-23-7-3-1-4-8-23/h1-17H,21-22H2. The molecule has 7 heteroatoms. The third kappa shape index (κ3) is 4.50. The van der Waals surface area contributed by atoms with Crippen LogP contribution in [0.3, 0.4) is 0 Å². The fourth-order valence-corrected chi connectivity index (χ4v) is 6.21. The summed E-state index contributed by atoms with van der Waals surface area (Å²) in [7, 11) is 0. The minimum Gasteiger partial charge on any atom is -0.457 e. The minimum absolute atomic E-state index is 0.0224. The average Bonchev–Trinajstić information content (AvgIpc) is 3.11. The second kappa shape index (κ2) is 11.4. The summed E-state index contributed by atoms with van der Waals surface area (Å²) in [4.78, 5) is 27.1. The van der Waals surface area contributed by atoms with E-state index in [9.17, 15) is 25.4 Å². The molecule has 0 spiro atoms. The molecule has 7 aromatic rings. The summed E-state index contributed by atoms with van der Waals surface area (Å²) < 4.78 is 11.3. The van der Waals surface area contributed by atoms with Crippen LogP contribution in [0.2, 0.25) is 0 Å². The van der Waals surface area contributed by atoms with Gasteiger partial charge in [-0.1, -0.05) is 78.9 Å². The molecule has 0 amide bonds. The van der Waals surface area contributed by atoms with Gasteiger partial charge in [0.1, 0.15) is 13.2 Å². The lowest BCUT2D eigenvalue weighted by molar-refractivity contribution is 0.0466. The first-order valence-corrected chi connectivity index (χ1v) is 14.4. The highest BCUT2D eigenvalue weighted by molar-refractivity contribution is 6.37. The number of esters is 2. The van der Waals surface area contributed by atoms with Crippen LogP contribution in [0.15, 0.2) is 103 Å². The predicted molar refractivity (Wildman–Crippen MR) is 173 cm³/mol. The lowest BCUT2D eigenvalue weighted by atomic mass is 9.83. The van der Waals surface area contributed by atoms with Gasteiger partial charge in [-0.05, 0) is 56.9 Å². The molecule has 0 saturated heterocycles. The predicted octanol–water partition coefficient (Wildman–Crippen LogP) is 8.07. The minimum atomic E-state index is -0.659. The van der Waals surface area contributed by atoms with E-state index in [1.165, 1.54) is 6.07 Å². The lowest BCUT2D eigenvalue weighted by Crippen LogP contribution is -2.09. The fourth-order valence-electron chi connectivity index (χ4n) is 6.21. The van der Waals surface area contributed by atoms with E-state index in [1.54, 1.807) is 36.4 Å². The van der Waals surface area contributed by atoms with Gasteiger partial charge in [-0.15, -0.1) is 0 Å². The van der Waals surface area contributed by atoms with Crippen LogP contribution in [0.25, 0.3) is 43.1 Å². The Hall–Kier alpha value is -6.75. The van der Waals surface area contributed by atoms with Crippen LogP contribution in [0.4, 0.5) is 0 Å². The Morgan fingerprint density at radius 2 is 0.957 bits per heavy atom. The summed E-state index contributed by atoms with van der Waals surface area (Å²) in [5, 5.41) is 35.1. The van der Waals surface area contributed by atoms with Gasteiger partial charge >= 0.3 is 11.9 Å². The highest BCUT2D eigenvalue weighted by Crippen LogP contribution is 2.45. The summed E-state index contributed by atoms with van der Waals surface area (Å²) in [5.74, 6) is -1.25. The zero-order valence-electron chi connectivity index (χ0n) is 24.2. The van der Waals surface area contributed by atoms with E-state index in [4.69, 9.17) is 9.47 Å². The van der Waals surface area contributed by atoms with Crippen LogP contribution in [0, 0.1) is 34.0 Å². The van der Waals surface area contributed by atoms with E-state index in [2.05, 4.69) is 18.2 Å². The van der Waals surface area contributed by atoms with Crippen molar-refractivity contribution < 1.29 is 19.1 Å². The van der Waals surface area contributed by atoms with Crippen LogP contribution in [0.1, 0.15) is 48.5 Å². The molecule has 0 radical (unpaired) electrons. The van der Waals surface area contributed by atoms with E-state index in [-0.39, 0.29) is 41.0 Å². The summed E-state index contributed by atoms with van der Waals surface area (Å²) in [6.45, 7) is 0.0832. The summed E-state index contributed by atoms with van der Waals surface area (Å²) >= 11 is 0. The third-order valence-electron chi connectivity index (χ3n) is 8.23. The molecule has 0 aliphatic carbocycles. The van der Waals surface area contributed by atoms with Gasteiger partial charge in [0, 0.05) is 21.5 Å². The van der Waals surface area contributed by atoms with Crippen molar-refractivity contribution in [3.05, 3.63) is 142 Å². The first-order chi connectivity index (χ1) is 22.5. The number of fused-ring (bicyclic) bond motifs is 2. The van der Waals surface area contributed by atoms with Crippen molar-refractivity contribution in [1.29, 1.82) is 15.8 Å². The Balaban J connectivity index is 1.48. The summed E-state index contributed by atoms with van der Waals surface area (Å²) in [6.07, 6.45) is 0. The second-order valence-corrected chi connectivity index (χ2v) is 10.8. The monoisotopic (exact) mass is 595 g/mol. The van der Waals surface area contributed by atoms with E-state index < -0.39 is 11.9 Å². The Kier molecular flexibility index (Phi) is 6.95. The van der Waals surface area contributed by atoms with Gasteiger partial charge in [-0.3, -0.25) is 0 Å². The number of carbonyl (C=O) groups is 2. The molecule has 216 valence electrons.